The van der Waals surface area contributed by atoms with Gasteiger partial charge in [-0.3, -0.25) is 14.5 Å². The van der Waals surface area contributed by atoms with Gasteiger partial charge in [-0.05, 0) is 19.1 Å². The second-order valence-electron chi connectivity index (χ2n) is 5.03. The molecule has 2 rings (SSSR count). The lowest BCUT2D eigenvalue weighted by Gasteiger charge is -2.36. The number of carboxylic acids is 1. The normalized spacial score (nSPS) is 17.3. The molecule has 1 unspecified atom stereocenters. The van der Waals surface area contributed by atoms with E-state index in [0.29, 0.717) is 31.9 Å². The van der Waals surface area contributed by atoms with E-state index in [-0.39, 0.29) is 12.5 Å². The summed E-state index contributed by atoms with van der Waals surface area (Å²) < 4.78 is 5.43. The van der Waals surface area contributed by atoms with Crippen LogP contribution in [0.3, 0.4) is 0 Å². The van der Waals surface area contributed by atoms with E-state index in [2.05, 4.69) is 0 Å². The number of rotatable bonds is 5. The first-order chi connectivity index (χ1) is 10.1. The molecule has 1 fully saturated rings. The molecule has 0 spiro atoms. The van der Waals surface area contributed by atoms with Gasteiger partial charge in [0, 0.05) is 26.2 Å². The van der Waals surface area contributed by atoms with Crippen LogP contribution in [-0.4, -0.2) is 65.6 Å². The molecule has 0 aliphatic carbocycles. The minimum absolute atomic E-state index is 0.0124. The molecule has 0 radical (unpaired) electrons. The molecule has 0 bridgehead atoms. The second kappa shape index (κ2) is 7.08. The lowest BCUT2D eigenvalue weighted by atomic mass is 10.2. The average Bonchev–Trinajstić information content (AvgIpc) is 2.53. The van der Waals surface area contributed by atoms with Gasteiger partial charge in [-0.1, -0.05) is 18.2 Å². The Morgan fingerprint density at radius 1 is 1.19 bits per heavy atom. The third kappa shape index (κ3) is 4.19. The summed E-state index contributed by atoms with van der Waals surface area (Å²) in [4.78, 5) is 26.6. The first-order valence-corrected chi connectivity index (χ1v) is 7.00. The Balaban J connectivity index is 1.77. The topological polar surface area (TPSA) is 70.1 Å². The number of carboxylic acid groups (broad SMARTS) is 1. The van der Waals surface area contributed by atoms with Crippen molar-refractivity contribution in [3.8, 4) is 5.75 Å². The van der Waals surface area contributed by atoms with Gasteiger partial charge in [0.2, 0.25) is 0 Å². The average molecular weight is 292 g/mol. The molecule has 1 heterocycles. The number of para-hydroxylation sites is 1. The van der Waals surface area contributed by atoms with Gasteiger partial charge in [0.15, 0.2) is 6.61 Å². The molecule has 1 saturated heterocycles. The number of aliphatic carboxylic acids is 1. The third-order valence-electron chi connectivity index (χ3n) is 3.68. The monoisotopic (exact) mass is 292 g/mol. The fraction of sp³-hybridized carbons (Fsp3) is 0.467. The lowest BCUT2D eigenvalue weighted by molar-refractivity contribution is -0.144. The molecule has 1 amide bonds. The molecular weight excluding hydrogens is 272 g/mol. The number of hydrogen-bond donors (Lipinski definition) is 1. The Bertz CT molecular complexity index is 484. The summed E-state index contributed by atoms with van der Waals surface area (Å²) in [5, 5.41) is 8.98. The minimum atomic E-state index is -0.831. The van der Waals surface area contributed by atoms with Crippen molar-refractivity contribution in [3.05, 3.63) is 30.3 Å². The number of carbonyl (C=O) groups excluding carboxylic acids is 1. The predicted octanol–water partition coefficient (Wildman–Crippen LogP) is 0.683. The Hall–Kier alpha value is -2.08. The molecule has 0 saturated carbocycles. The fourth-order valence-corrected chi connectivity index (χ4v) is 2.27. The molecule has 1 aliphatic heterocycles. The van der Waals surface area contributed by atoms with Crippen LogP contribution in [0.25, 0.3) is 0 Å². The maximum Gasteiger partial charge on any atom is 0.320 e. The van der Waals surface area contributed by atoms with Crippen LogP contribution in [0.2, 0.25) is 0 Å². The van der Waals surface area contributed by atoms with Crippen molar-refractivity contribution in [2.45, 2.75) is 13.0 Å². The van der Waals surface area contributed by atoms with Crippen molar-refractivity contribution >= 4 is 11.9 Å². The first-order valence-electron chi connectivity index (χ1n) is 7.00. The Morgan fingerprint density at radius 2 is 1.81 bits per heavy atom. The Morgan fingerprint density at radius 3 is 2.38 bits per heavy atom. The maximum absolute atomic E-state index is 12.0. The van der Waals surface area contributed by atoms with Crippen LogP contribution in [0.15, 0.2) is 30.3 Å². The highest BCUT2D eigenvalue weighted by molar-refractivity contribution is 5.78. The summed E-state index contributed by atoms with van der Waals surface area (Å²) in [6.07, 6.45) is 0. The van der Waals surface area contributed by atoms with Crippen molar-refractivity contribution in [2.75, 3.05) is 32.8 Å². The number of piperazine rings is 1. The summed E-state index contributed by atoms with van der Waals surface area (Å²) in [7, 11) is 0. The highest BCUT2D eigenvalue weighted by Crippen LogP contribution is 2.10. The van der Waals surface area contributed by atoms with Gasteiger partial charge in [-0.2, -0.15) is 0 Å². The SMILES string of the molecule is CC(C(=O)O)N1CCN(C(=O)COc2ccccc2)CC1. The molecular formula is C15H20N2O4. The zero-order valence-corrected chi connectivity index (χ0v) is 12.1. The molecule has 1 atom stereocenters. The highest BCUT2D eigenvalue weighted by atomic mass is 16.5. The fourth-order valence-electron chi connectivity index (χ4n) is 2.27. The number of hydrogen-bond acceptors (Lipinski definition) is 4. The molecule has 1 aromatic rings. The summed E-state index contributed by atoms with van der Waals surface area (Å²) >= 11 is 0. The van der Waals surface area contributed by atoms with Gasteiger partial charge in [-0.15, -0.1) is 0 Å². The number of nitrogens with zero attached hydrogens (tertiary/aromatic N) is 2. The van der Waals surface area contributed by atoms with Gasteiger partial charge in [0.25, 0.3) is 5.91 Å². The molecule has 1 aromatic carbocycles. The first kappa shape index (κ1) is 15.3. The molecule has 114 valence electrons. The van der Waals surface area contributed by atoms with E-state index in [9.17, 15) is 9.59 Å². The number of ether oxygens (including phenoxy) is 1. The summed E-state index contributed by atoms with van der Waals surface area (Å²) in [6, 6.07) is 8.69. The Kier molecular flexibility index (Phi) is 5.16. The van der Waals surface area contributed by atoms with E-state index in [4.69, 9.17) is 9.84 Å². The zero-order valence-electron chi connectivity index (χ0n) is 12.1. The van der Waals surface area contributed by atoms with Crippen molar-refractivity contribution in [1.82, 2.24) is 9.80 Å². The second-order valence-corrected chi connectivity index (χ2v) is 5.03. The van der Waals surface area contributed by atoms with Crippen molar-refractivity contribution in [3.63, 3.8) is 0 Å². The van der Waals surface area contributed by atoms with Crippen molar-refractivity contribution in [2.24, 2.45) is 0 Å². The number of carbonyl (C=O) groups is 2. The van der Waals surface area contributed by atoms with E-state index < -0.39 is 12.0 Å². The van der Waals surface area contributed by atoms with Gasteiger partial charge in [0.05, 0.1) is 0 Å². The Labute approximate surface area is 123 Å². The van der Waals surface area contributed by atoms with Crippen LogP contribution in [-0.2, 0) is 9.59 Å². The predicted molar refractivity (Wildman–Crippen MR) is 77.2 cm³/mol. The molecule has 6 nitrogen and oxygen atoms in total. The van der Waals surface area contributed by atoms with Crippen LogP contribution in [0.4, 0.5) is 0 Å². The number of amides is 1. The quantitative estimate of drug-likeness (QED) is 0.864. The van der Waals surface area contributed by atoms with E-state index in [1.807, 2.05) is 23.1 Å². The standard InChI is InChI=1S/C15H20N2O4/c1-12(15(19)20)16-7-9-17(10-8-16)14(18)11-21-13-5-3-2-4-6-13/h2-6,12H,7-11H2,1H3,(H,19,20). The van der Waals surface area contributed by atoms with Crippen LogP contribution < -0.4 is 4.74 Å². The van der Waals surface area contributed by atoms with E-state index >= 15 is 0 Å². The molecule has 6 heteroatoms. The molecule has 1 N–H and O–H groups in total. The summed E-state index contributed by atoms with van der Waals surface area (Å²) in [5.41, 5.74) is 0. The van der Waals surface area contributed by atoms with E-state index in [1.165, 1.54) is 0 Å². The van der Waals surface area contributed by atoms with Crippen molar-refractivity contribution < 1.29 is 19.4 Å². The van der Waals surface area contributed by atoms with Gasteiger partial charge in [0.1, 0.15) is 11.8 Å². The molecule has 21 heavy (non-hydrogen) atoms. The van der Waals surface area contributed by atoms with Gasteiger partial charge >= 0.3 is 5.97 Å². The molecule has 1 aliphatic rings. The smallest absolute Gasteiger partial charge is 0.320 e. The van der Waals surface area contributed by atoms with Crippen LogP contribution in [0.5, 0.6) is 5.75 Å². The van der Waals surface area contributed by atoms with Crippen LogP contribution in [0, 0.1) is 0 Å². The van der Waals surface area contributed by atoms with Crippen LogP contribution >= 0.6 is 0 Å². The van der Waals surface area contributed by atoms with E-state index in [1.54, 1.807) is 24.0 Å². The van der Waals surface area contributed by atoms with Gasteiger partial charge < -0.3 is 14.7 Å². The maximum atomic E-state index is 12.0. The summed E-state index contributed by atoms with van der Waals surface area (Å²) in [5.74, 6) is -0.229. The van der Waals surface area contributed by atoms with Crippen LogP contribution in [0.1, 0.15) is 6.92 Å². The minimum Gasteiger partial charge on any atom is -0.484 e. The highest BCUT2D eigenvalue weighted by Gasteiger charge is 2.27. The largest absolute Gasteiger partial charge is 0.484 e. The van der Waals surface area contributed by atoms with Gasteiger partial charge in [-0.25, -0.2) is 0 Å². The third-order valence-corrected chi connectivity index (χ3v) is 3.68. The van der Waals surface area contributed by atoms with Crippen molar-refractivity contribution in [1.29, 1.82) is 0 Å². The molecule has 0 aromatic heterocycles. The zero-order chi connectivity index (χ0) is 15.2. The van der Waals surface area contributed by atoms with E-state index in [0.717, 1.165) is 0 Å². The lowest BCUT2D eigenvalue weighted by Crippen LogP contribution is -2.53. The number of benzene rings is 1. The summed E-state index contributed by atoms with van der Waals surface area (Å²) in [6.45, 7) is 3.90.